The highest BCUT2D eigenvalue weighted by Crippen LogP contribution is 2.50. The average Bonchev–Trinajstić information content (AvgIpc) is 3.36. The molecule has 2 heterocycles. The predicted octanol–water partition coefficient (Wildman–Crippen LogP) is 1.77. The van der Waals surface area contributed by atoms with E-state index in [2.05, 4.69) is 10.3 Å². The maximum absolute atomic E-state index is 13.2. The lowest BCUT2D eigenvalue weighted by Gasteiger charge is -2.32. The molecule has 1 aromatic heterocycles. The number of hydrogen-bond acceptors (Lipinski definition) is 5. The van der Waals surface area contributed by atoms with Crippen LogP contribution in [-0.2, 0) is 21.2 Å². The summed E-state index contributed by atoms with van der Waals surface area (Å²) in [5.74, 6) is 0.193. The molecule has 0 aromatic carbocycles. The fourth-order valence-electron chi connectivity index (χ4n) is 3.93. The summed E-state index contributed by atoms with van der Waals surface area (Å²) in [6.45, 7) is 2.39. The molecular formula is C19H29N3O3S. The number of carbonyl (C=O) groups excluding carboxylic acids is 1. The van der Waals surface area contributed by atoms with E-state index in [-0.39, 0.29) is 23.1 Å². The summed E-state index contributed by atoms with van der Waals surface area (Å²) in [5.41, 5.74) is 0.543. The van der Waals surface area contributed by atoms with E-state index in [4.69, 9.17) is 0 Å². The molecule has 1 aliphatic heterocycles. The maximum Gasteiger partial charge on any atom is 0.223 e. The lowest BCUT2D eigenvalue weighted by molar-refractivity contribution is -0.135. The van der Waals surface area contributed by atoms with Gasteiger partial charge in [-0.25, -0.2) is 8.42 Å². The molecule has 0 spiro atoms. The minimum Gasteiger partial charge on any atom is -0.334 e. The van der Waals surface area contributed by atoms with Crippen LogP contribution in [0.1, 0.15) is 44.2 Å². The summed E-state index contributed by atoms with van der Waals surface area (Å²) < 4.78 is 23.5. The third-order valence-corrected chi connectivity index (χ3v) is 6.55. The van der Waals surface area contributed by atoms with Gasteiger partial charge in [0.25, 0.3) is 0 Å². The van der Waals surface area contributed by atoms with Crippen molar-refractivity contribution in [2.45, 2.75) is 51.1 Å². The zero-order valence-corrected chi connectivity index (χ0v) is 16.3. The number of amides is 1. The zero-order chi connectivity index (χ0) is 18.6. The Bertz CT molecular complexity index is 709. The molecule has 6 nitrogen and oxygen atoms in total. The van der Waals surface area contributed by atoms with Crippen molar-refractivity contribution >= 4 is 15.7 Å². The fourth-order valence-corrected chi connectivity index (χ4v) is 5.43. The molecule has 1 saturated carbocycles. The van der Waals surface area contributed by atoms with Crippen LogP contribution in [0.2, 0.25) is 0 Å². The third kappa shape index (κ3) is 5.51. The summed E-state index contributed by atoms with van der Waals surface area (Å²) in [6, 6.07) is 5.94. The van der Waals surface area contributed by atoms with Crippen molar-refractivity contribution in [1.29, 1.82) is 0 Å². The van der Waals surface area contributed by atoms with Gasteiger partial charge >= 0.3 is 0 Å². The Morgan fingerprint density at radius 1 is 1.31 bits per heavy atom. The van der Waals surface area contributed by atoms with Crippen LogP contribution >= 0.6 is 0 Å². The van der Waals surface area contributed by atoms with Crippen LogP contribution in [0.15, 0.2) is 24.4 Å². The molecule has 0 radical (unpaired) electrons. The number of hydrogen-bond donors (Lipinski definition) is 1. The van der Waals surface area contributed by atoms with Crippen LogP contribution in [0.25, 0.3) is 0 Å². The number of aromatic nitrogens is 1. The Morgan fingerprint density at radius 3 is 2.77 bits per heavy atom. The summed E-state index contributed by atoms with van der Waals surface area (Å²) >= 11 is 0. The number of nitrogens with zero attached hydrogens (tertiary/aromatic N) is 2. The number of pyridine rings is 1. The first-order chi connectivity index (χ1) is 12.4. The molecular weight excluding hydrogens is 350 g/mol. The second-order valence-corrected chi connectivity index (χ2v) is 10.1. The number of nitrogens with one attached hydrogen (secondary N) is 1. The van der Waals surface area contributed by atoms with E-state index in [9.17, 15) is 13.2 Å². The first-order valence-electron chi connectivity index (χ1n) is 9.45. The molecule has 0 bridgehead atoms. The Hall–Kier alpha value is -1.47. The van der Waals surface area contributed by atoms with Crippen molar-refractivity contribution in [3.8, 4) is 0 Å². The van der Waals surface area contributed by atoms with E-state index < -0.39 is 9.84 Å². The van der Waals surface area contributed by atoms with Gasteiger partial charge in [0.1, 0.15) is 9.84 Å². The van der Waals surface area contributed by atoms with Crippen LogP contribution in [0.5, 0.6) is 0 Å². The van der Waals surface area contributed by atoms with Crippen molar-refractivity contribution in [1.82, 2.24) is 15.2 Å². The van der Waals surface area contributed by atoms with E-state index in [1.807, 2.05) is 23.1 Å². The highest BCUT2D eigenvalue weighted by Gasteiger charge is 2.47. The highest BCUT2D eigenvalue weighted by atomic mass is 32.2. The van der Waals surface area contributed by atoms with E-state index in [0.717, 1.165) is 50.9 Å². The van der Waals surface area contributed by atoms with Crippen LogP contribution in [-0.4, -0.2) is 55.3 Å². The minimum absolute atomic E-state index is 0.0729. The molecule has 144 valence electrons. The number of carbonyl (C=O) groups is 1. The van der Waals surface area contributed by atoms with E-state index in [1.54, 1.807) is 6.20 Å². The molecule has 2 aliphatic rings. The van der Waals surface area contributed by atoms with Crippen LogP contribution in [0.4, 0.5) is 0 Å². The lowest BCUT2D eigenvalue weighted by Crippen LogP contribution is -2.42. The van der Waals surface area contributed by atoms with E-state index in [0.29, 0.717) is 13.0 Å². The van der Waals surface area contributed by atoms with Gasteiger partial charge in [0.05, 0.1) is 18.0 Å². The third-order valence-electron chi connectivity index (χ3n) is 5.42. The normalized spacial score (nSPS) is 22.4. The van der Waals surface area contributed by atoms with Gasteiger partial charge in [-0.2, -0.15) is 0 Å². The topological polar surface area (TPSA) is 79.4 Å². The summed E-state index contributed by atoms with van der Waals surface area (Å²) in [6.07, 6.45) is 7.95. The Kier molecular flexibility index (Phi) is 5.97. The van der Waals surface area contributed by atoms with Crippen molar-refractivity contribution in [2.75, 3.05) is 25.1 Å². The monoisotopic (exact) mass is 379 g/mol. The Balaban J connectivity index is 1.74. The van der Waals surface area contributed by atoms with Crippen molar-refractivity contribution in [3.05, 3.63) is 30.1 Å². The van der Waals surface area contributed by atoms with Crippen molar-refractivity contribution in [3.63, 3.8) is 0 Å². The first-order valence-corrected chi connectivity index (χ1v) is 11.5. The van der Waals surface area contributed by atoms with Gasteiger partial charge < -0.3 is 10.2 Å². The van der Waals surface area contributed by atoms with Gasteiger partial charge in [0.15, 0.2) is 0 Å². The lowest BCUT2D eigenvalue weighted by atomic mass is 10.0. The van der Waals surface area contributed by atoms with Crippen LogP contribution in [0.3, 0.4) is 0 Å². The van der Waals surface area contributed by atoms with Gasteiger partial charge in [0.2, 0.25) is 5.91 Å². The Morgan fingerprint density at radius 2 is 2.12 bits per heavy atom. The molecule has 26 heavy (non-hydrogen) atoms. The van der Waals surface area contributed by atoms with E-state index in [1.165, 1.54) is 6.26 Å². The second kappa shape index (κ2) is 8.05. The largest absolute Gasteiger partial charge is 0.334 e. The number of sulfone groups is 1. The van der Waals surface area contributed by atoms with Gasteiger partial charge in [0, 0.05) is 24.9 Å². The predicted molar refractivity (Wildman–Crippen MR) is 101 cm³/mol. The van der Waals surface area contributed by atoms with Crippen LogP contribution < -0.4 is 5.32 Å². The SMILES string of the molecule is CS(=O)(=O)CC1(CC(=O)N(Cc2ccccn2)C2CCCNCC2)CC1. The second-order valence-electron chi connectivity index (χ2n) is 7.92. The quantitative estimate of drug-likeness (QED) is 0.781. The van der Waals surface area contributed by atoms with Gasteiger partial charge in [-0.15, -0.1) is 0 Å². The molecule has 2 fully saturated rings. The molecule has 1 amide bonds. The van der Waals surface area contributed by atoms with Gasteiger partial charge in [-0.05, 0) is 62.7 Å². The highest BCUT2D eigenvalue weighted by molar-refractivity contribution is 7.90. The minimum atomic E-state index is -3.07. The smallest absolute Gasteiger partial charge is 0.223 e. The van der Waals surface area contributed by atoms with Crippen LogP contribution in [0, 0.1) is 5.41 Å². The van der Waals surface area contributed by atoms with E-state index >= 15 is 0 Å². The first kappa shape index (κ1) is 19.3. The van der Waals surface area contributed by atoms with Gasteiger partial charge in [-0.3, -0.25) is 9.78 Å². The molecule has 1 N–H and O–H groups in total. The summed E-state index contributed by atoms with van der Waals surface area (Å²) in [5, 5.41) is 3.39. The molecule has 1 aliphatic carbocycles. The standard InChI is InChI=1S/C19H29N3O3S/c1-26(24,25)15-19(8-9-19)13-18(23)22(14-16-5-2-3-11-21-16)17-6-4-10-20-12-7-17/h2-3,5,11,17,20H,4,6-10,12-15H2,1H3. The molecule has 1 atom stereocenters. The molecule has 7 heteroatoms. The Labute approximate surface area is 156 Å². The zero-order valence-electron chi connectivity index (χ0n) is 15.5. The maximum atomic E-state index is 13.2. The fraction of sp³-hybridized carbons (Fsp3) is 0.684. The van der Waals surface area contributed by atoms with Crippen molar-refractivity contribution < 1.29 is 13.2 Å². The molecule has 1 aromatic rings. The summed E-state index contributed by atoms with van der Waals surface area (Å²) in [7, 11) is -3.07. The molecule has 1 unspecified atom stereocenters. The number of rotatable bonds is 7. The molecule has 3 rings (SSSR count). The van der Waals surface area contributed by atoms with Gasteiger partial charge in [-0.1, -0.05) is 6.07 Å². The summed E-state index contributed by atoms with van der Waals surface area (Å²) in [4.78, 5) is 19.5. The average molecular weight is 380 g/mol. The molecule has 1 saturated heterocycles. The van der Waals surface area contributed by atoms with Crippen molar-refractivity contribution in [2.24, 2.45) is 5.41 Å².